The summed E-state index contributed by atoms with van der Waals surface area (Å²) in [7, 11) is 0. The largest absolute Gasteiger partial charge is 0.478 e. The first-order chi connectivity index (χ1) is 13.3. The van der Waals surface area contributed by atoms with Crippen LogP contribution in [0.3, 0.4) is 0 Å². The van der Waals surface area contributed by atoms with Crippen molar-refractivity contribution in [1.29, 1.82) is 0 Å². The van der Waals surface area contributed by atoms with Gasteiger partial charge in [0.05, 0.1) is 34.4 Å². The van der Waals surface area contributed by atoms with Gasteiger partial charge < -0.3 is 5.11 Å². The molecule has 0 saturated heterocycles. The third kappa shape index (κ3) is 3.19. The van der Waals surface area contributed by atoms with E-state index in [1.165, 1.54) is 0 Å². The van der Waals surface area contributed by atoms with Gasteiger partial charge in [0.2, 0.25) is 0 Å². The van der Waals surface area contributed by atoms with Crippen LogP contribution in [0.2, 0.25) is 5.02 Å². The summed E-state index contributed by atoms with van der Waals surface area (Å²) in [5.41, 5.74) is 4.91. The average molecular weight is 457 g/mol. The van der Waals surface area contributed by atoms with Crippen LogP contribution in [-0.2, 0) is 0 Å². The summed E-state index contributed by atoms with van der Waals surface area (Å²) in [6, 6.07) is 12.6. The number of hydrogen-bond acceptors (Lipinski definition) is 3. The van der Waals surface area contributed by atoms with Gasteiger partial charge in [-0.2, -0.15) is 5.10 Å². The van der Waals surface area contributed by atoms with Crippen LogP contribution in [0.25, 0.3) is 27.8 Å². The number of pyridine rings is 1. The summed E-state index contributed by atoms with van der Waals surface area (Å²) in [5.74, 6) is -0.998. The molecule has 2 aromatic carbocycles. The van der Waals surface area contributed by atoms with E-state index in [0.717, 1.165) is 27.0 Å². The minimum Gasteiger partial charge on any atom is -0.478 e. The molecule has 0 aliphatic carbocycles. The molecule has 4 rings (SSSR count). The van der Waals surface area contributed by atoms with E-state index in [1.54, 1.807) is 29.1 Å². The van der Waals surface area contributed by atoms with Gasteiger partial charge in [-0.1, -0.05) is 33.6 Å². The van der Waals surface area contributed by atoms with Crippen molar-refractivity contribution in [3.8, 4) is 16.9 Å². The van der Waals surface area contributed by atoms with Gasteiger partial charge >= 0.3 is 5.97 Å². The second kappa shape index (κ2) is 7.04. The smallest absolute Gasteiger partial charge is 0.336 e. The van der Waals surface area contributed by atoms with E-state index in [1.807, 2.05) is 38.1 Å². The molecule has 0 amide bonds. The molecule has 0 aliphatic rings. The number of aromatic carboxylic acids is 1. The Morgan fingerprint density at radius 2 is 1.93 bits per heavy atom. The highest BCUT2D eigenvalue weighted by Crippen LogP contribution is 2.30. The number of aromatic nitrogens is 3. The minimum atomic E-state index is -0.998. The number of benzene rings is 2. The summed E-state index contributed by atoms with van der Waals surface area (Å²) >= 11 is 9.54. The lowest BCUT2D eigenvalue weighted by Gasteiger charge is -2.10. The molecule has 140 valence electrons. The first kappa shape index (κ1) is 18.7. The molecule has 28 heavy (non-hydrogen) atoms. The van der Waals surface area contributed by atoms with E-state index >= 15 is 0 Å². The van der Waals surface area contributed by atoms with Crippen LogP contribution < -0.4 is 0 Å². The number of nitrogens with zero attached hydrogens (tertiary/aromatic N) is 3. The van der Waals surface area contributed by atoms with Gasteiger partial charge in [0, 0.05) is 20.4 Å². The van der Waals surface area contributed by atoms with Crippen molar-refractivity contribution in [2.24, 2.45) is 0 Å². The second-order valence-electron chi connectivity index (χ2n) is 6.51. The van der Waals surface area contributed by atoms with E-state index in [4.69, 9.17) is 11.6 Å². The Morgan fingerprint density at radius 3 is 2.68 bits per heavy atom. The molecular weight excluding hydrogens is 442 g/mol. The molecular formula is C21H15BrClN3O2. The van der Waals surface area contributed by atoms with Crippen molar-refractivity contribution >= 4 is 44.4 Å². The molecule has 2 aromatic heterocycles. The normalized spacial score (nSPS) is 11.1. The SMILES string of the molecule is Cc1ccc(Cl)cc1-n1ncc(-c2cc(C(=O)O)c3cc(Br)ccc3n2)c1C. The van der Waals surface area contributed by atoms with Crippen LogP contribution in [-0.4, -0.2) is 25.8 Å². The maximum absolute atomic E-state index is 11.8. The monoisotopic (exact) mass is 455 g/mol. The number of carboxylic acids is 1. The van der Waals surface area contributed by atoms with Crippen molar-refractivity contribution in [3.63, 3.8) is 0 Å². The van der Waals surface area contributed by atoms with Crippen LogP contribution in [0.5, 0.6) is 0 Å². The Balaban J connectivity index is 1.92. The van der Waals surface area contributed by atoms with Crippen molar-refractivity contribution < 1.29 is 9.90 Å². The molecule has 0 atom stereocenters. The van der Waals surface area contributed by atoms with E-state index in [0.29, 0.717) is 21.6 Å². The average Bonchev–Trinajstić information content (AvgIpc) is 3.04. The molecule has 7 heteroatoms. The Hall–Kier alpha value is -2.70. The second-order valence-corrected chi connectivity index (χ2v) is 7.86. The zero-order chi connectivity index (χ0) is 20.0. The number of aryl methyl sites for hydroxylation is 1. The van der Waals surface area contributed by atoms with Gasteiger partial charge in [-0.25, -0.2) is 14.5 Å². The quantitative estimate of drug-likeness (QED) is 0.422. The number of carbonyl (C=O) groups is 1. The van der Waals surface area contributed by atoms with Crippen LogP contribution in [0.15, 0.2) is 53.1 Å². The molecule has 4 aromatic rings. The number of halogens is 2. The molecule has 0 bridgehead atoms. The molecule has 0 unspecified atom stereocenters. The first-order valence-corrected chi connectivity index (χ1v) is 9.67. The van der Waals surface area contributed by atoms with Crippen LogP contribution in [0.1, 0.15) is 21.6 Å². The number of hydrogen-bond donors (Lipinski definition) is 1. The van der Waals surface area contributed by atoms with Gasteiger partial charge in [-0.05, 0) is 55.8 Å². The lowest BCUT2D eigenvalue weighted by molar-refractivity contribution is 0.0699. The zero-order valence-electron chi connectivity index (χ0n) is 15.1. The summed E-state index contributed by atoms with van der Waals surface area (Å²) < 4.78 is 2.60. The molecule has 1 N–H and O–H groups in total. The van der Waals surface area contributed by atoms with Crippen molar-refractivity contribution in [3.05, 3.63) is 75.0 Å². The standard InChI is InChI=1S/C21H15BrClN3O2/c1-11-3-5-14(23)8-20(11)26-12(2)17(10-24-26)19-9-16(21(27)28)15-7-13(22)4-6-18(15)25-19/h3-10H,1-2H3,(H,27,28). The van der Waals surface area contributed by atoms with Crippen LogP contribution in [0.4, 0.5) is 0 Å². The predicted octanol–water partition coefficient (Wildman–Crippen LogP) is 5.82. The molecule has 0 spiro atoms. The Bertz CT molecular complexity index is 1250. The Kier molecular flexibility index (Phi) is 4.69. The van der Waals surface area contributed by atoms with Crippen LogP contribution >= 0.6 is 27.5 Å². The first-order valence-electron chi connectivity index (χ1n) is 8.50. The zero-order valence-corrected chi connectivity index (χ0v) is 17.4. The summed E-state index contributed by atoms with van der Waals surface area (Å²) in [4.78, 5) is 16.5. The molecule has 0 radical (unpaired) electrons. The lowest BCUT2D eigenvalue weighted by atomic mass is 10.0. The topological polar surface area (TPSA) is 68.0 Å². The highest BCUT2D eigenvalue weighted by Gasteiger charge is 2.17. The maximum atomic E-state index is 11.8. The lowest BCUT2D eigenvalue weighted by Crippen LogP contribution is -2.02. The fourth-order valence-electron chi connectivity index (χ4n) is 3.23. The van der Waals surface area contributed by atoms with Crippen LogP contribution in [0, 0.1) is 13.8 Å². The third-order valence-corrected chi connectivity index (χ3v) is 5.41. The van der Waals surface area contributed by atoms with E-state index < -0.39 is 5.97 Å². The number of carboxylic acid groups (broad SMARTS) is 1. The minimum absolute atomic E-state index is 0.201. The molecule has 0 fully saturated rings. The Labute approximate surface area is 174 Å². The van der Waals surface area contributed by atoms with E-state index in [2.05, 4.69) is 26.0 Å². The number of rotatable bonds is 3. The Morgan fingerprint density at radius 1 is 1.14 bits per heavy atom. The van der Waals surface area contributed by atoms with Gasteiger partial charge in [0.1, 0.15) is 0 Å². The summed E-state index contributed by atoms with van der Waals surface area (Å²) in [5, 5.41) is 15.4. The third-order valence-electron chi connectivity index (χ3n) is 4.69. The predicted molar refractivity (Wildman–Crippen MR) is 113 cm³/mol. The maximum Gasteiger partial charge on any atom is 0.336 e. The molecule has 0 saturated carbocycles. The molecule has 2 heterocycles. The number of fused-ring (bicyclic) bond motifs is 1. The van der Waals surface area contributed by atoms with E-state index in [9.17, 15) is 9.90 Å². The molecule has 0 aliphatic heterocycles. The van der Waals surface area contributed by atoms with Crippen molar-refractivity contribution in [1.82, 2.24) is 14.8 Å². The van der Waals surface area contributed by atoms with Crippen molar-refractivity contribution in [2.45, 2.75) is 13.8 Å². The van der Waals surface area contributed by atoms with Crippen molar-refractivity contribution in [2.75, 3.05) is 0 Å². The van der Waals surface area contributed by atoms with Gasteiger partial charge in [-0.15, -0.1) is 0 Å². The van der Waals surface area contributed by atoms with Gasteiger partial charge in [0.15, 0.2) is 0 Å². The summed E-state index contributed by atoms with van der Waals surface area (Å²) in [6.07, 6.45) is 1.70. The fourth-order valence-corrected chi connectivity index (χ4v) is 3.76. The highest BCUT2D eigenvalue weighted by atomic mass is 79.9. The molecule has 5 nitrogen and oxygen atoms in total. The van der Waals surface area contributed by atoms with E-state index in [-0.39, 0.29) is 5.56 Å². The fraction of sp³-hybridized carbons (Fsp3) is 0.0952. The summed E-state index contributed by atoms with van der Waals surface area (Å²) in [6.45, 7) is 3.91. The van der Waals surface area contributed by atoms with Gasteiger partial charge in [-0.3, -0.25) is 0 Å². The van der Waals surface area contributed by atoms with Gasteiger partial charge in [0.25, 0.3) is 0 Å². The highest BCUT2D eigenvalue weighted by molar-refractivity contribution is 9.10.